The molecule has 0 radical (unpaired) electrons. The fourth-order valence-electron chi connectivity index (χ4n) is 2.39. The summed E-state index contributed by atoms with van der Waals surface area (Å²) in [7, 11) is 0. The summed E-state index contributed by atoms with van der Waals surface area (Å²) in [5.74, 6) is 0. The molecule has 0 aromatic rings. The fraction of sp³-hybridized carbons (Fsp3) is 1.00. The van der Waals surface area contributed by atoms with Crippen molar-refractivity contribution >= 4 is 0 Å². The lowest BCUT2D eigenvalue weighted by molar-refractivity contribution is -0.205. The Morgan fingerprint density at radius 1 is 1.17 bits per heavy atom. The summed E-state index contributed by atoms with van der Waals surface area (Å²) >= 11 is 0. The van der Waals surface area contributed by atoms with Gasteiger partial charge in [-0.05, 0) is 19.8 Å². The van der Waals surface area contributed by atoms with Gasteiger partial charge in [0.05, 0.1) is 18.3 Å². The van der Waals surface area contributed by atoms with Crippen molar-refractivity contribution < 1.29 is 14.6 Å². The van der Waals surface area contributed by atoms with Crippen LogP contribution in [0.5, 0.6) is 0 Å². The molecule has 3 nitrogen and oxygen atoms in total. The van der Waals surface area contributed by atoms with Crippen molar-refractivity contribution in [2.75, 3.05) is 6.61 Å². The molecule has 1 rings (SSSR count). The fourth-order valence-corrected chi connectivity index (χ4v) is 2.39. The molecule has 4 unspecified atom stereocenters. The predicted molar refractivity (Wildman–Crippen MR) is 73.7 cm³/mol. The number of aliphatic hydroxyl groups is 1. The summed E-state index contributed by atoms with van der Waals surface area (Å²) in [5, 5.41) is 9.66. The first-order valence-corrected chi connectivity index (χ1v) is 7.64. The van der Waals surface area contributed by atoms with E-state index in [9.17, 15) is 5.11 Å². The molecule has 0 spiro atoms. The van der Waals surface area contributed by atoms with Gasteiger partial charge in [-0.25, -0.2) is 0 Å². The zero-order valence-electron chi connectivity index (χ0n) is 12.2. The second-order valence-corrected chi connectivity index (χ2v) is 5.47. The maximum Gasteiger partial charge on any atom is 0.110 e. The molecule has 0 amide bonds. The number of aliphatic hydroxyl groups excluding tert-OH is 1. The Morgan fingerprint density at radius 2 is 1.94 bits per heavy atom. The molecule has 1 fully saturated rings. The van der Waals surface area contributed by atoms with E-state index in [4.69, 9.17) is 9.47 Å². The van der Waals surface area contributed by atoms with E-state index in [0.29, 0.717) is 6.61 Å². The lowest BCUT2D eigenvalue weighted by Crippen LogP contribution is -2.54. The first-order valence-electron chi connectivity index (χ1n) is 7.64. The van der Waals surface area contributed by atoms with Gasteiger partial charge in [-0.1, -0.05) is 39.5 Å². The summed E-state index contributed by atoms with van der Waals surface area (Å²) in [6.45, 7) is 7.16. The van der Waals surface area contributed by atoms with E-state index < -0.39 is 0 Å². The summed E-state index contributed by atoms with van der Waals surface area (Å²) in [5.41, 5.74) is 0. The Hall–Kier alpha value is -0.120. The van der Waals surface area contributed by atoms with Crippen molar-refractivity contribution in [2.45, 2.75) is 90.1 Å². The van der Waals surface area contributed by atoms with Crippen LogP contribution in [0.3, 0.4) is 0 Å². The molecule has 0 saturated heterocycles. The molecule has 0 aliphatic heterocycles. The molecule has 1 aliphatic carbocycles. The van der Waals surface area contributed by atoms with E-state index in [0.717, 1.165) is 19.3 Å². The van der Waals surface area contributed by atoms with Crippen LogP contribution in [0, 0.1) is 0 Å². The standard InChI is InChI=1S/C15H30O3/c1-4-6-7-8-9-12(3)18-14-11-13(16)15(14)17-10-5-2/h12-16H,4-11H2,1-3H3. The molecule has 108 valence electrons. The molecular weight excluding hydrogens is 228 g/mol. The van der Waals surface area contributed by atoms with Crippen LogP contribution in [-0.2, 0) is 9.47 Å². The molecule has 1 N–H and O–H groups in total. The molecule has 1 saturated carbocycles. The van der Waals surface area contributed by atoms with Crippen LogP contribution in [0.2, 0.25) is 0 Å². The average Bonchev–Trinajstić information content (AvgIpc) is 2.34. The van der Waals surface area contributed by atoms with Crippen molar-refractivity contribution in [3.8, 4) is 0 Å². The van der Waals surface area contributed by atoms with Crippen LogP contribution in [0.1, 0.15) is 65.7 Å². The number of ether oxygens (including phenoxy) is 2. The molecule has 4 atom stereocenters. The number of unbranched alkanes of at least 4 members (excludes halogenated alkanes) is 3. The highest BCUT2D eigenvalue weighted by Gasteiger charge is 2.42. The third-order valence-corrected chi connectivity index (χ3v) is 3.61. The number of hydrogen-bond donors (Lipinski definition) is 1. The maximum atomic E-state index is 9.66. The maximum absolute atomic E-state index is 9.66. The van der Waals surface area contributed by atoms with Crippen molar-refractivity contribution in [1.29, 1.82) is 0 Å². The van der Waals surface area contributed by atoms with Gasteiger partial charge in [0.15, 0.2) is 0 Å². The van der Waals surface area contributed by atoms with Crippen molar-refractivity contribution in [3.05, 3.63) is 0 Å². The van der Waals surface area contributed by atoms with E-state index in [1.807, 2.05) is 0 Å². The normalized spacial score (nSPS) is 29.0. The van der Waals surface area contributed by atoms with Crippen molar-refractivity contribution in [2.24, 2.45) is 0 Å². The van der Waals surface area contributed by atoms with Gasteiger partial charge in [0.25, 0.3) is 0 Å². The highest BCUT2D eigenvalue weighted by Crippen LogP contribution is 2.29. The largest absolute Gasteiger partial charge is 0.390 e. The van der Waals surface area contributed by atoms with Crippen LogP contribution < -0.4 is 0 Å². The number of hydrogen-bond acceptors (Lipinski definition) is 3. The molecule has 18 heavy (non-hydrogen) atoms. The Labute approximate surface area is 112 Å². The smallest absolute Gasteiger partial charge is 0.110 e. The lowest BCUT2D eigenvalue weighted by atomic mass is 9.87. The molecule has 3 heteroatoms. The van der Waals surface area contributed by atoms with Crippen LogP contribution in [0.4, 0.5) is 0 Å². The van der Waals surface area contributed by atoms with Crippen molar-refractivity contribution in [1.82, 2.24) is 0 Å². The molecule has 0 aromatic heterocycles. The minimum Gasteiger partial charge on any atom is -0.390 e. The monoisotopic (exact) mass is 258 g/mol. The first-order chi connectivity index (χ1) is 8.69. The van der Waals surface area contributed by atoms with Gasteiger partial charge in [0.2, 0.25) is 0 Å². The quantitative estimate of drug-likeness (QED) is 0.611. The van der Waals surface area contributed by atoms with Crippen molar-refractivity contribution in [3.63, 3.8) is 0 Å². The summed E-state index contributed by atoms with van der Waals surface area (Å²) in [4.78, 5) is 0. The molecule has 0 heterocycles. The van der Waals surface area contributed by atoms with Gasteiger partial charge in [0.1, 0.15) is 6.10 Å². The SMILES string of the molecule is CCCCCCC(C)OC1CC(O)C1OCCC. The third-order valence-electron chi connectivity index (χ3n) is 3.61. The van der Waals surface area contributed by atoms with E-state index in [2.05, 4.69) is 20.8 Å². The average molecular weight is 258 g/mol. The second-order valence-electron chi connectivity index (χ2n) is 5.47. The summed E-state index contributed by atoms with van der Waals surface area (Å²) < 4.78 is 11.6. The van der Waals surface area contributed by atoms with Gasteiger partial charge in [-0.15, -0.1) is 0 Å². The van der Waals surface area contributed by atoms with Crippen LogP contribution in [0.15, 0.2) is 0 Å². The van der Waals surface area contributed by atoms with Gasteiger partial charge in [-0.2, -0.15) is 0 Å². The number of rotatable bonds is 10. The van der Waals surface area contributed by atoms with Gasteiger partial charge in [0, 0.05) is 13.0 Å². The van der Waals surface area contributed by atoms with Gasteiger partial charge < -0.3 is 14.6 Å². The zero-order chi connectivity index (χ0) is 13.4. The topological polar surface area (TPSA) is 38.7 Å². The Kier molecular flexibility index (Phi) is 7.87. The molecule has 1 aliphatic rings. The molecule has 0 bridgehead atoms. The predicted octanol–water partition coefficient (Wildman–Crippen LogP) is 3.29. The minimum absolute atomic E-state index is 0.0944. The molecule has 0 aromatic carbocycles. The van der Waals surface area contributed by atoms with E-state index in [1.165, 1.54) is 25.7 Å². The highest BCUT2D eigenvalue weighted by atomic mass is 16.6. The summed E-state index contributed by atoms with van der Waals surface area (Å²) in [6, 6.07) is 0. The Morgan fingerprint density at radius 3 is 2.56 bits per heavy atom. The second kappa shape index (κ2) is 8.89. The van der Waals surface area contributed by atoms with Crippen LogP contribution >= 0.6 is 0 Å². The Balaban J connectivity index is 2.13. The molecular formula is C15H30O3. The Bertz CT molecular complexity index is 208. The van der Waals surface area contributed by atoms with E-state index in [-0.39, 0.29) is 24.4 Å². The van der Waals surface area contributed by atoms with Crippen LogP contribution in [0.25, 0.3) is 0 Å². The van der Waals surface area contributed by atoms with Gasteiger partial charge >= 0.3 is 0 Å². The van der Waals surface area contributed by atoms with E-state index in [1.54, 1.807) is 0 Å². The van der Waals surface area contributed by atoms with E-state index >= 15 is 0 Å². The highest BCUT2D eigenvalue weighted by molar-refractivity contribution is 4.92. The first kappa shape index (κ1) is 15.9. The minimum atomic E-state index is -0.325. The van der Waals surface area contributed by atoms with Crippen LogP contribution in [-0.4, -0.2) is 36.1 Å². The van der Waals surface area contributed by atoms with Gasteiger partial charge in [-0.3, -0.25) is 0 Å². The summed E-state index contributed by atoms with van der Waals surface area (Å²) in [6.07, 6.45) is 7.94. The third kappa shape index (κ3) is 5.25. The lowest BCUT2D eigenvalue weighted by Gasteiger charge is -2.42. The zero-order valence-corrected chi connectivity index (χ0v) is 12.2.